The third-order valence-electron chi connectivity index (χ3n) is 2.46. The van der Waals surface area contributed by atoms with E-state index in [4.69, 9.17) is 17.3 Å². The van der Waals surface area contributed by atoms with Crippen LogP contribution >= 0.6 is 11.6 Å². The highest BCUT2D eigenvalue weighted by Crippen LogP contribution is 2.21. The van der Waals surface area contributed by atoms with Gasteiger partial charge in [0.1, 0.15) is 11.9 Å². The minimum absolute atomic E-state index is 0.116. The number of anilines is 1. The lowest BCUT2D eigenvalue weighted by Crippen LogP contribution is -2.11. The summed E-state index contributed by atoms with van der Waals surface area (Å²) in [7, 11) is 0. The van der Waals surface area contributed by atoms with E-state index in [0.29, 0.717) is 22.8 Å². The summed E-state index contributed by atoms with van der Waals surface area (Å²) in [4.78, 5) is 12.1. The summed E-state index contributed by atoms with van der Waals surface area (Å²) in [5.74, 6) is 0.928. The van der Waals surface area contributed by atoms with E-state index in [1.165, 1.54) is 0 Å². The van der Waals surface area contributed by atoms with Crippen molar-refractivity contribution in [1.29, 1.82) is 0 Å². The molecule has 0 fully saturated rings. The van der Waals surface area contributed by atoms with Gasteiger partial charge in [-0.05, 0) is 17.7 Å². The second kappa shape index (κ2) is 5.29. The summed E-state index contributed by atoms with van der Waals surface area (Å²) in [6.07, 6.45) is -0.301. The quantitative estimate of drug-likeness (QED) is 0.882. The molecule has 18 heavy (non-hydrogen) atoms. The van der Waals surface area contributed by atoms with Crippen LogP contribution in [0.4, 0.5) is 5.95 Å². The van der Waals surface area contributed by atoms with Gasteiger partial charge in [-0.25, -0.2) is 4.98 Å². The highest BCUT2D eigenvalue weighted by Gasteiger charge is 2.15. The van der Waals surface area contributed by atoms with Crippen LogP contribution in [-0.2, 0) is 6.42 Å². The summed E-state index contributed by atoms with van der Waals surface area (Å²) >= 11 is 5.79. The molecule has 1 unspecified atom stereocenters. The molecule has 1 atom stereocenters. The summed E-state index contributed by atoms with van der Waals surface area (Å²) in [5.41, 5.74) is 6.24. The number of aliphatic hydroxyl groups is 1. The minimum atomic E-state index is -0.933. The van der Waals surface area contributed by atoms with Gasteiger partial charge in [0.05, 0.1) is 0 Å². The van der Waals surface area contributed by atoms with Gasteiger partial charge in [0.2, 0.25) is 5.95 Å². The number of hydrogen-bond acceptors (Lipinski definition) is 5. The van der Waals surface area contributed by atoms with Gasteiger partial charge in [0.25, 0.3) is 0 Å². The Balaban J connectivity index is 2.35. The maximum Gasteiger partial charge on any atom is 0.223 e. The second-order valence-electron chi connectivity index (χ2n) is 3.78. The van der Waals surface area contributed by atoms with Crippen molar-refractivity contribution in [2.75, 3.05) is 5.73 Å². The molecule has 2 aromatic rings. The lowest BCUT2D eigenvalue weighted by Gasteiger charge is -2.10. The van der Waals surface area contributed by atoms with Crippen molar-refractivity contribution in [3.05, 3.63) is 46.5 Å². The van der Waals surface area contributed by atoms with Gasteiger partial charge in [-0.15, -0.1) is 0 Å². The zero-order valence-electron chi connectivity index (χ0n) is 9.84. The minimum Gasteiger partial charge on any atom is -0.380 e. The predicted molar refractivity (Wildman–Crippen MR) is 69.1 cm³/mol. The largest absolute Gasteiger partial charge is 0.380 e. The zero-order valence-corrected chi connectivity index (χ0v) is 10.6. The van der Waals surface area contributed by atoms with Crippen LogP contribution in [0.5, 0.6) is 0 Å². The first-order valence-electron chi connectivity index (χ1n) is 5.54. The molecular weight excluding hydrogens is 252 g/mol. The van der Waals surface area contributed by atoms with Crippen molar-refractivity contribution in [2.24, 2.45) is 0 Å². The van der Waals surface area contributed by atoms with Crippen molar-refractivity contribution in [3.8, 4) is 0 Å². The van der Waals surface area contributed by atoms with Crippen LogP contribution in [0.15, 0.2) is 24.3 Å². The van der Waals surface area contributed by atoms with Gasteiger partial charge < -0.3 is 10.8 Å². The smallest absolute Gasteiger partial charge is 0.223 e. The lowest BCUT2D eigenvalue weighted by atomic mass is 10.1. The average molecular weight is 265 g/mol. The van der Waals surface area contributed by atoms with Crippen LogP contribution in [0.1, 0.15) is 30.2 Å². The third-order valence-corrected chi connectivity index (χ3v) is 2.71. The van der Waals surface area contributed by atoms with E-state index in [1.807, 2.05) is 6.92 Å². The zero-order chi connectivity index (χ0) is 13.1. The number of aliphatic hydroxyl groups excluding tert-OH is 1. The Morgan fingerprint density at radius 1 is 1.22 bits per heavy atom. The summed E-state index contributed by atoms with van der Waals surface area (Å²) < 4.78 is 0. The van der Waals surface area contributed by atoms with Gasteiger partial charge in [0.15, 0.2) is 5.82 Å². The molecule has 0 radical (unpaired) electrons. The number of aromatic nitrogens is 3. The van der Waals surface area contributed by atoms with E-state index in [0.717, 1.165) is 0 Å². The van der Waals surface area contributed by atoms with Crippen molar-refractivity contribution >= 4 is 17.5 Å². The molecule has 0 spiro atoms. The first-order chi connectivity index (χ1) is 8.60. The van der Waals surface area contributed by atoms with Crippen molar-refractivity contribution in [2.45, 2.75) is 19.4 Å². The van der Waals surface area contributed by atoms with Crippen LogP contribution in [0.25, 0.3) is 0 Å². The van der Waals surface area contributed by atoms with E-state index < -0.39 is 6.10 Å². The van der Waals surface area contributed by atoms with Gasteiger partial charge >= 0.3 is 0 Å². The van der Waals surface area contributed by atoms with E-state index >= 15 is 0 Å². The maximum atomic E-state index is 10.2. The highest BCUT2D eigenvalue weighted by atomic mass is 35.5. The van der Waals surface area contributed by atoms with Crippen molar-refractivity contribution in [1.82, 2.24) is 15.0 Å². The SMILES string of the molecule is CCc1nc(N)nc(C(O)c2ccc(Cl)cc2)n1. The summed E-state index contributed by atoms with van der Waals surface area (Å²) in [6.45, 7) is 1.91. The molecule has 0 aliphatic heterocycles. The Labute approximate surface area is 110 Å². The van der Waals surface area contributed by atoms with E-state index in [2.05, 4.69) is 15.0 Å². The Morgan fingerprint density at radius 3 is 2.50 bits per heavy atom. The van der Waals surface area contributed by atoms with Crippen LogP contribution in [0.2, 0.25) is 5.02 Å². The molecule has 1 heterocycles. The molecule has 94 valence electrons. The third kappa shape index (κ3) is 2.75. The predicted octanol–water partition coefficient (Wildman–Crippen LogP) is 1.75. The highest BCUT2D eigenvalue weighted by molar-refractivity contribution is 6.30. The average Bonchev–Trinajstić information content (AvgIpc) is 2.38. The molecule has 6 heteroatoms. The normalized spacial score (nSPS) is 12.4. The number of hydrogen-bond donors (Lipinski definition) is 2. The van der Waals surface area contributed by atoms with Gasteiger partial charge in [-0.1, -0.05) is 30.7 Å². The Hall–Kier alpha value is -1.72. The molecule has 0 aliphatic rings. The van der Waals surface area contributed by atoms with E-state index in [9.17, 15) is 5.11 Å². The first-order valence-corrected chi connectivity index (χ1v) is 5.91. The molecule has 1 aromatic carbocycles. The Morgan fingerprint density at radius 2 is 1.89 bits per heavy atom. The number of nitrogen functional groups attached to an aromatic ring is 1. The Kier molecular flexibility index (Phi) is 3.74. The molecule has 0 saturated carbocycles. The van der Waals surface area contributed by atoms with Crippen LogP contribution in [-0.4, -0.2) is 20.1 Å². The van der Waals surface area contributed by atoms with Crippen LogP contribution in [0.3, 0.4) is 0 Å². The number of halogens is 1. The molecular formula is C12H13ClN4O. The van der Waals surface area contributed by atoms with Crippen molar-refractivity contribution in [3.63, 3.8) is 0 Å². The fourth-order valence-electron chi connectivity index (χ4n) is 1.53. The van der Waals surface area contributed by atoms with Crippen LogP contribution < -0.4 is 5.73 Å². The molecule has 0 saturated heterocycles. The Bertz CT molecular complexity index is 544. The van der Waals surface area contributed by atoms with Gasteiger partial charge in [-0.3, -0.25) is 0 Å². The summed E-state index contributed by atoms with van der Waals surface area (Å²) in [5, 5.41) is 10.8. The first kappa shape index (κ1) is 12.7. The standard InChI is InChI=1S/C12H13ClN4O/c1-2-9-15-11(17-12(14)16-9)10(18)7-3-5-8(13)6-4-7/h3-6,10,18H,2H2,1H3,(H2,14,15,16,17). The van der Waals surface area contributed by atoms with E-state index in [1.54, 1.807) is 24.3 Å². The number of nitrogens with two attached hydrogens (primary N) is 1. The fourth-order valence-corrected chi connectivity index (χ4v) is 1.66. The number of benzene rings is 1. The monoisotopic (exact) mass is 264 g/mol. The molecule has 5 nitrogen and oxygen atoms in total. The lowest BCUT2D eigenvalue weighted by molar-refractivity contribution is 0.209. The van der Waals surface area contributed by atoms with E-state index in [-0.39, 0.29) is 11.8 Å². The number of aryl methyl sites for hydroxylation is 1. The second-order valence-corrected chi connectivity index (χ2v) is 4.21. The molecule has 3 N–H and O–H groups in total. The summed E-state index contributed by atoms with van der Waals surface area (Å²) in [6, 6.07) is 6.84. The maximum absolute atomic E-state index is 10.2. The molecule has 0 aliphatic carbocycles. The van der Waals surface area contributed by atoms with Crippen molar-refractivity contribution < 1.29 is 5.11 Å². The topological polar surface area (TPSA) is 84.9 Å². The molecule has 0 bridgehead atoms. The van der Waals surface area contributed by atoms with Crippen LogP contribution in [0, 0.1) is 0 Å². The molecule has 2 rings (SSSR count). The van der Waals surface area contributed by atoms with Gasteiger partial charge in [-0.2, -0.15) is 9.97 Å². The van der Waals surface area contributed by atoms with Gasteiger partial charge in [0, 0.05) is 11.4 Å². The molecule has 1 aromatic heterocycles. The molecule has 0 amide bonds. The number of nitrogens with zero attached hydrogens (tertiary/aromatic N) is 3. The number of rotatable bonds is 3. The fraction of sp³-hybridized carbons (Fsp3) is 0.250.